The average molecular weight is 410 g/mol. The minimum Gasteiger partial charge on any atom is -0.494 e. The van der Waals surface area contributed by atoms with Crippen molar-refractivity contribution in [1.82, 2.24) is 10.2 Å². The maximum Gasteiger partial charge on any atom is 0.251 e. The van der Waals surface area contributed by atoms with Gasteiger partial charge >= 0.3 is 0 Å². The molecular weight excluding hydrogens is 378 g/mol. The molecule has 1 atom stereocenters. The lowest BCUT2D eigenvalue weighted by Crippen LogP contribution is -2.51. The Kier molecular flexibility index (Phi) is 6.98. The van der Waals surface area contributed by atoms with E-state index in [2.05, 4.69) is 22.3 Å². The standard InChI is InChI=1S/C24H31N3O3/c1-5-30-20-12-10-18(11-13-20)23(28)25-22(17(2)3)24(29)27-15-14-26(4)21-9-7-6-8-19(21)16-27/h6-13,17,22H,5,14-16H2,1-4H3,(H,25,28). The van der Waals surface area contributed by atoms with Gasteiger partial charge in [0.15, 0.2) is 0 Å². The van der Waals surface area contributed by atoms with E-state index < -0.39 is 6.04 Å². The van der Waals surface area contributed by atoms with E-state index in [1.54, 1.807) is 24.3 Å². The SMILES string of the molecule is CCOc1ccc(C(=O)NC(C(=O)N2CCN(C)c3ccccc3C2)C(C)C)cc1. The van der Waals surface area contributed by atoms with E-state index in [9.17, 15) is 9.59 Å². The summed E-state index contributed by atoms with van der Waals surface area (Å²) in [4.78, 5) is 30.2. The number of ether oxygens (including phenoxy) is 1. The number of hydrogen-bond donors (Lipinski definition) is 1. The van der Waals surface area contributed by atoms with Crippen LogP contribution < -0.4 is 15.0 Å². The number of carbonyl (C=O) groups excluding carboxylic acids is 2. The molecule has 0 radical (unpaired) electrons. The van der Waals surface area contributed by atoms with Crippen molar-refractivity contribution in [2.24, 2.45) is 5.92 Å². The number of nitrogens with zero attached hydrogens (tertiary/aromatic N) is 2. The minimum atomic E-state index is -0.584. The molecule has 0 aromatic heterocycles. The Morgan fingerprint density at radius 3 is 2.43 bits per heavy atom. The first-order valence-electron chi connectivity index (χ1n) is 10.5. The van der Waals surface area contributed by atoms with Crippen molar-refractivity contribution < 1.29 is 14.3 Å². The number of benzene rings is 2. The van der Waals surface area contributed by atoms with Gasteiger partial charge < -0.3 is 19.9 Å². The highest BCUT2D eigenvalue weighted by atomic mass is 16.5. The fourth-order valence-corrected chi connectivity index (χ4v) is 3.68. The Hall–Kier alpha value is -3.02. The number of carbonyl (C=O) groups is 2. The first kappa shape index (κ1) is 21.7. The topological polar surface area (TPSA) is 61.9 Å². The third kappa shape index (κ3) is 4.93. The van der Waals surface area contributed by atoms with E-state index in [0.29, 0.717) is 25.3 Å². The van der Waals surface area contributed by atoms with E-state index in [0.717, 1.165) is 23.5 Å². The fourth-order valence-electron chi connectivity index (χ4n) is 3.68. The fraction of sp³-hybridized carbons (Fsp3) is 0.417. The number of amides is 2. The smallest absolute Gasteiger partial charge is 0.251 e. The van der Waals surface area contributed by atoms with Crippen LogP contribution in [0.2, 0.25) is 0 Å². The summed E-state index contributed by atoms with van der Waals surface area (Å²) >= 11 is 0. The van der Waals surface area contributed by atoms with Gasteiger partial charge in [-0.25, -0.2) is 0 Å². The highest BCUT2D eigenvalue weighted by molar-refractivity contribution is 5.97. The van der Waals surface area contributed by atoms with Gasteiger partial charge in [0.05, 0.1) is 6.61 Å². The molecule has 1 unspecified atom stereocenters. The molecule has 0 aliphatic carbocycles. The van der Waals surface area contributed by atoms with Crippen molar-refractivity contribution in [2.75, 3.05) is 31.6 Å². The molecule has 1 N–H and O–H groups in total. The van der Waals surface area contributed by atoms with Crippen LogP contribution in [0.5, 0.6) is 5.75 Å². The van der Waals surface area contributed by atoms with Gasteiger partial charge in [-0.1, -0.05) is 32.0 Å². The Morgan fingerprint density at radius 1 is 1.07 bits per heavy atom. The van der Waals surface area contributed by atoms with Crippen molar-refractivity contribution in [3.8, 4) is 5.75 Å². The Bertz CT molecular complexity index is 880. The van der Waals surface area contributed by atoms with Gasteiger partial charge in [-0.15, -0.1) is 0 Å². The molecule has 0 saturated heterocycles. The van der Waals surface area contributed by atoms with Crippen LogP contribution in [0.3, 0.4) is 0 Å². The van der Waals surface area contributed by atoms with Crippen molar-refractivity contribution in [3.05, 3.63) is 59.7 Å². The molecule has 1 heterocycles. The zero-order valence-corrected chi connectivity index (χ0v) is 18.2. The molecule has 2 amide bonds. The van der Waals surface area contributed by atoms with Gasteiger partial charge in [0.25, 0.3) is 5.91 Å². The third-order valence-electron chi connectivity index (χ3n) is 5.43. The predicted octanol–water partition coefficient (Wildman–Crippen LogP) is 3.32. The summed E-state index contributed by atoms with van der Waals surface area (Å²) in [6, 6.07) is 14.5. The minimum absolute atomic E-state index is 0.0274. The molecule has 0 bridgehead atoms. The molecule has 1 aliphatic heterocycles. The lowest BCUT2D eigenvalue weighted by Gasteiger charge is -2.29. The summed E-state index contributed by atoms with van der Waals surface area (Å²) in [6.07, 6.45) is 0. The zero-order chi connectivity index (χ0) is 21.7. The van der Waals surface area contributed by atoms with Crippen molar-refractivity contribution >= 4 is 17.5 Å². The van der Waals surface area contributed by atoms with E-state index in [1.807, 2.05) is 44.9 Å². The molecule has 3 rings (SSSR count). The molecule has 2 aromatic carbocycles. The number of anilines is 1. The van der Waals surface area contributed by atoms with Crippen LogP contribution in [0, 0.1) is 5.92 Å². The van der Waals surface area contributed by atoms with E-state index in [-0.39, 0.29) is 17.7 Å². The van der Waals surface area contributed by atoms with Crippen LogP contribution in [-0.2, 0) is 11.3 Å². The largest absolute Gasteiger partial charge is 0.494 e. The number of nitrogens with one attached hydrogen (secondary N) is 1. The van der Waals surface area contributed by atoms with Crippen LogP contribution in [0.1, 0.15) is 36.7 Å². The Labute approximate surface area is 178 Å². The van der Waals surface area contributed by atoms with Gasteiger partial charge in [0, 0.05) is 37.9 Å². The predicted molar refractivity (Wildman–Crippen MR) is 119 cm³/mol. The zero-order valence-electron chi connectivity index (χ0n) is 18.2. The molecule has 6 nitrogen and oxygen atoms in total. The van der Waals surface area contributed by atoms with Gasteiger partial charge in [0.1, 0.15) is 11.8 Å². The molecule has 6 heteroatoms. The van der Waals surface area contributed by atoms with Gasteiger partial charge in [0.2, 0.25) is 5.91 Å². The lowest BCUT2D eigenvalue weighted by molar-refractivity contribution is -0.134. The van der Waals surface area contributed by atoms with Crippen molar-refractivity contribution in [1.29, 1.82) is 0 Å². The molecule has 2 aromatic rings. The number of hydrogen-bond acceptors (Lipinski definition) is 4. The second-order valence-corrected chi connectivity index (χ2v) is 7.96. The van der Waals surface area contributed by atoms with Crippen LogP contribution in [0.25, 0.3) is 0 Å². The second-order valence-electron chi connectivity index (χ2n) is 7.96. The first-order valence-corrected chi connectivity index (χ1v) is 10.5. The summed E-state index contributed by atoms with van der Waals surface area (Å²) in [5.41, 5.74) is 2.77. The van der Waals surface area contributed by atoms with E-state index >= 15 is 0 Å². The molecular formula is C24H31N3O3. The lowest BCUT2D eigenvalue weighted by atomic mass is 10.0. The van der Waals surface area contributed by atoms with Crippen LogP contribution in [0.4, 0.5) is 5.69 Å². The third-order valence-corrected chi connectivity index (χ3v) is 5.43. The van der Waals surface area contributed by atoms with Gasteiger partial charge in [-0.2, -0.15) is 0 Å². The van der Waals surface area contributed by atoms with E-state index in [1.165, 1.54) is 0 Å². The molecule has 30 heavy (non-hydrogen) atoms. The van der Waals surface area contributed by atoms with E-state index in [4.69, 9.17) is 4.74 Å². The number of para-hydroxylation sites is 1. The summed E-state index contributed by atoms with van der Waals surface area (Å²) < 4.78 is 5.43. The maximum atomic E-state index is 13.4. The summed E-state index contributed by atoms with van der Waals surface area (Å²) in [6.45, 7) is 8.31. The number of fused-ring (bicyclic) bond motifs is 1. The highest BCUT2D eigenvalue weighted by Crippen LogP contribution is 2.24. The molecule has 1 aliphatic rings. The quantitative estimate of drug-likeness (QED) is 0.795. The summed E-state index contributed by atoms with van der Waals surface area (Å²) in [5, 5.41) is 2.95. The van der Waals surface area contributed by atoms with Crippen LogP contribution in [0.15, 0.2) is 48.5 Å². The number of rotatable bonds is 6. The molecule has 160 valence electrons. The number of likely N-dealkylation sites (N-methyl/N-ethyl adjacent to an activating group) is 1. The average Bonchev–Trinajstić information content (AvgIpc) is 2.91. The Morgan fingerprint density at radius 2 is 1.77 bits per heavy atom. The second kappa shape index (κ2) is 9.65. The van der Waals surface area contributed by atoms with Gasteiger partial charge in [-0.05, 0) is 48.7 Å². The Balaban J connectivity index is 1.74. The monoisotopic (exact) mass is 409 g/mol. The highest BCUT2D eigenvalue weighted by Gasteiger charge is 2.30. The summed E-state index contributed by atoms with van der Waals surface area (Å²) in [5.74, 6) is 0.394. The summed E-state index contributed by atoms with van der Waals surface area (Å²) in [7, 11) is 2.04. The van der Waals surface area contributed by atoms with Crippen LogP contribution >= 0.6 is 0 Å². The molecule has 0 fully saturated rings. The van der Waals surface area contributed by atoms with Gasteiger partial charge in [-0.3, -0.25) is 9.59 Å². The molecule has 0 spiro atoms. The van der Waals surface area contributed by atoms with Crippen LogP contribution in [-0.4, -0.2) is 49.5 Å². The maximum absolute atomic E-state index is 13.4. The van der Waals surface area contributed by atoms with Crippen molar-refractivity contribution in [2.45, 2.75) is 33.4 Å². The normalized spacial score (nSPS) is 14.7. The first-order chi connectivity index (χ1) is 14.4. The molecule has 0 saturated carbocycles. The van der Waals surface area contributed by atoms with Crippen molar-refractivity contribution in [3.63, 3.8) is 0 Å².